The van der Waals surface area contributed by atoms with Crippen LogP contribution < -0.4 is 5.32 Å². The lowest BCUT2D eigenvalue weighted by Gasteiger charge is -2.21. The largest absolute Gasteiger partial charge is 0.507 e. The van der Waals surface area contributed by atoms with Crippen molar-refractivity contribution in [2.45, 2.75) is 4.90 Å². The summed E-state index contributed by atoms with van der Waals surface area (Å²) in [7, 11) is 0. The predicted molar refractivity (Wildman–Crippen MR) is 98.4 cm³/mol. The van der Waals surface area contributed by atoms with Crippen LogP contribution in [0.2, 0.25) is 0 Å². The van der Waals surface area contributed by atoms with Crippen molar-refractivity contribution < 1.29 is 14.7 Å². The highest BCUT2D eigenvalue weighted by molar-refractivity contribution is 7.80. The number of anilines is 2. The van der Waals surface area contributed by atoms with E-state index in [0.29, 0.717) is 16.8 Å². The van der Waals surface area contributed by atoms with E-state index in [0.717, 1.165) is 10.6 Å². The van der Waals surface area contributed by atoms with Crippen molar-refractivity contribution in [3.8, 4) is 5.75 Å². The Morgan fingerprint density at radius 1 is 0.800 bits per heavy atom. The molecule has 0 aromatic heterocycles. The highest BCUT2D eigenvalue weighted by atomic mass is 32.1. The fourth-order valence-corrected chi connectivity index (χ4v) is 3.27. The van der Waals surface area contributed by atoms with Gasteiger partial charge in [0.1, 0.15) is 5.75 Å². The molecule has 5 heteroatoms. The molecule has 0 bridgehead atoms. The SMILES string of the molecule is O=C1c2ccccc2C(=O)c2c(Nc3cccc(S)c3)ccc(O)c21. The molecule has 0 spiro atoms. The van der Waals surface area contributed by atoms with Crippen LogP contribution in [0.5, 0.6) is 5.75 Å². The van der Waals surface area contributed by atoms with Crippen LogP contribution in [0.15, 0.2) is 65.6 Å². The molecule has 3 aromatic rings. The Balaban J connectivity index is 1.90. The smallest absolute Gasteiger partial charge is 0.198 e. The zero-order valence-corrected chi connectivity index (χ0v) is 13.9. The second kappa shape index (κ2) is 5.79. The van der Waals surface area contributed by atoms with E-state index >= 15 is 0 Å². The Bertz CT molecular complexity index is 1040. The molecule has 0 atom stereocenters. The third kappa shape index (κ3) is 2.49. The van der Waals surface area contributed by atoms with Crippen LogP contribution >= 0.6 is 12.6 Å². The number of benzene rings is 3. The number of carbonyl (C=O) groups excluding carboxylic acids is 2. The average Bonchev–Trinajstić information content (AvgIpc) is 2.61. The van der Waals surface area contributed by atoms with Crippen molar-refractivity contribution in [1.82, 2.24) is 0 Å². The highest BCUT2D eigenvalue weighted by Gasteiger charge is 2.33. The van der Waals surface area contributed by atoms with Crippen molar-refractivity contribution in [2.24, 2.45) is 0 Å². The number of rotatable bonds is 2. The number of hydrogen-bond donors (Lipinski definition) is 3. The molecule has 3 aromatic carbocycles. The average molecular weight is 347 g/mol. The van der Waals surface area contributed by atoms with Gasteiger partial charge in [0.15, 0.2) is 11.6 Å². The fraction of sp³-hybridized carbons (Fsp3) is 0. The minimum Gasteiger partial charge on any atom is -0.507 e. The zero-order valence-electron chi connectivity index (χ0n) is 13.0. The molecule has 0 fully saturated rings. The zero-order chi connectivity index (χ0) is 17.6. The third-order valence-corrected chi connectivity index (χ3v) is 4.46. The van der Waals surface area contributed by atoms with Crippen LogP contribution in [0.4, 0.5) is 11.4 Å². The van der Waals surface area contributed by atoms with Gasteiger partial charge in [0.25, 0.3) is 0 Å². The minimum atomic E-state index is -0.353. The summed E-state index contributed by atoms with van der Waals surface area (Å²) in [6.07, 6.45) is 0. The lowest BCUT2D eigenvalue weighted by Crippen LogP contribution is -2.22. The van der Waals surface area contributed by atoms with Gasteiger partial charge in [-0.25, -0.2) is 0 Å². The van der Waals surface area contributed by atoms with Gasteiger partial charge >= 0.3 is 0 Å². The predicted octanol–water partition coefficient (Wildman–Crippen LogP) is 4.20. The van der Waals surface area contributed by atoms with Crippen LogP contribution in [0.3, 0.4) is 0 Å². The molecular formula is C20H13NO3S. The van der Waals surface area contributed by atoms with Crippen LogP contribution in [0.25, 0.3) is 0 Å². The van der Waals surface area contributed by atoms with Gasteiger partial charge in [0.05, 0.1) is 16.8 Å². The van der Waals surface area contributed by atoms with Gasteiger partial charge in [0.2, 0.25) is 0 Å². The molecule has 4 rings (SSSR count). The summed E-state index contributed by atoms with van der Waals surface area (Å²) in [5.74, 6) is -0.837. The molecule has 25 heavy (non-hydrogen) atoms. The van der Waals surface area contributed by atoms with E-state index in [1.165, 1.54) is 6.07 Å². The summed E-state index contributed by atoms with van der Waals surface area (Å²) in [6.45, 7) is 0. The standard InChI is InChI=1S/C20H13NO3S/c22-16-9-8-15(21-11-4-3-5-12(25)10-11)17-18(16)20(24)14-7-2-1-6-13(14)19(17)23/h1-10,21-22,25H. The molecule has 0 saturated carbocycles. The first-order chi connectivity index (χ1) is 12.1. The second-order valence-corrected chi connectivity index (χ2v) is 6.28. The number of hydrogen-bond acceptors (Lipinski definition) is 5. The Morgan fingerprint density at radius 2 is 1.48 bits per heavy atom. The van der Waals surface area contributed by atoms with Crippen molar-refractivity contribution in [3.05, 3.63) is 82.9 Å². The molecule has 0 radical (unpaired) electrons. The topological polar surface area (TPSA) is 66.4 Å². The molecule has 1 aliphatic carbocycles. The molecule has 0 unspecified atom stereocenters. The Morgan fingerprint density at radius 3 is 2.16 bits per heavy atom. The summed E-state index contributed by atoms with van der Waals surface area (Å²) < 4.78 is 0. The summed E-state index contributed by atoms with van der Waals surface area (Å²) in [5, 5.41) is 13.3. The van der Waals surface area contributed by atoms with Crippen molar-refractivity contribution in [1.29, 1.82) is 0 Å². The summed E-state index contributed by atoms with van der Waals surface area (Å²) in [6, 6.07) is 17.0. The molecule has 0 heterocycles. The lowest BCUT2D eigenvalue weighted by molar-refractivity contribution is 0.0977. The molecule has 122 valence electrons. The van der Waals surface area contributed by atoms with E-state index in [1.54, 1.807) is 30.3 Å². The number of fused-ring (bicyclic) bond motifs is 2. The third-order valence-electron chi connectivity index (χ3n) is 4.18. The number of thiol groups is 1. The summed E-state index contributed by atoms with van der Waals surface area (Å²) >= 11 is 4.30. The van der Waals surface area contributed by atoms with E-state index < -0.39 is 0 Å². The van der Waals surface area contributed by atoms with Gasteiger partial charge in [0, 0.05) is 21.7 Å². The number of phenols is 1. The lowest BCUT2D eigenvalue weighted by atomic mass is 9.82. The van der Waals surface area contributed by atoms with E-state index in [4.69, 9.17) is 0 Å². The molecule has 2 N–H and O–H groups in total. The number of ketones is 2. The molecule has 0 amide bonds. The Labute approximate surface area is 149 Å². The Kier molecular flexibility index (Phi) is 3.58. The first kappa shape index (κ1) is 15.5. The normalized spacial score (nSPS) is 12.5. The first-order valence-electron chi connectivity index (χ1n) is 7.66. The van der Waals surface area contributed by atoms with Crippen molar-refractivity contribution >= 4 is 35.6 Å². The van der Waals surface area contributed by atoms with E-state index in [-0.39, 0.29) is 28.4 Å². The van der Waals surface area contributed by atoms with Crippen molar-refractivity contribution in [2.75, 3.05) is 5.32 Å². The van der Waals surface area contributed by atoms with E-state index in [9.17, 15) is 14.7 Å². The van der Waals surface area contributed by atoms with E-state index in [1.807, 2.05) is 24.3 Å². The number of aromatic hydroxyl groups is 1. The quantitative estimate of drug-likeness (QED) is 0.376. The maximum absolute atomic E-state index is 13.0. The molecule has 0 saturated heterocycles. The molecular weight excluding hydrogens is 334 g/mol. The van der Waals surface area contributed by atoms with E-state index in [2.05, 4.69) is 17.9 Å². The highest BCUT2D eigenvalue weighted by Crippen LogP contribution is 2.38. The van der Waals surface area contributed by atoms with Crippen molar-refractivity contribution in [3.63, 3.8) is 0 Å². The fourth-order valence-electron chi connectivity index (χ4n) is 3.05. The number of phenolic OH excluding ortho intramolecular Hbond substituents is 1. The van der Waals surface area contributed by atoms with Gasteiger partial charge in [-0.05, 0) is 30.3 Å². The molecule has 4 nitrogen and oxygen atoms in total. The summed E-state index contributed by atoms with van der Waals surface area (Å²) in [4.78, 5) is 26.5. The Hall–Kier alpha value is -3.05. The number of carbonyl (C=O) groups is 2. The van der Waals surface area contributed by atoms with Gasteiger partial charge in [-0.1, -0.05) is 30.3 Å². The molecule has 1 aliphatic rings. The maximum atomic E-state index is 13.0. The van der Waals surface area contributed by atoms with Crippen LogP contribution in [0.1, 0.15) is 31.8 Å². The van der Waals surface area contributed by atoms with Crippen LogP contribution in [0, 0.1) is 0 Å². The maximum Gasteiger partial charge on any atom is 0.198 e. The van der Waals surface area contributed by atoms with Gasteiger partial charge in [-0.2, -0.15) is 0 Å². The summed E-state index contributed by atoms with van der Waals surface area (Å²) in [5.41, 5.74) is 2.09. The van der Waals surface area contributed by atoms with Gasteiger partial charge in [-0.15, -0.1) is 12.6 Å². The molecule has 0 aliphatic heterocycles. The minimum absolute atomic E-state index is 0.0377. The van der Waals surface area contributed by atoms with Gasteiger partial charge < -0.3 is 10.4 Å². The number of nitrogens with one attached hydrogen (secondary N) is 1. The second-order valence-electron chi connectivity index (χ2n) is 5.76. The monoisotopic (exact) mass is 347 g/mol. The van der Waals surface area contributed by atoms with Crippen LogP contribution in [-0.4, -0.2) is 16.7 Å². The van der Waals surface area contributed by atoms with Crippen LogP contribution in [-0.2, 0) is 0 Å². The first-order valence-corrected chi connectivity index (χ1v) is 8.11. The van der Waals surface area contributed by atoms with Gasteiger partial charge in [-0.3, -0.25) is 9.59 Å².